The summed E-state index contributed by atoms with van der Waals surface area (Å²) in [6, 6.07) is 8.62. The molecular formula is C22H31N3O. The van der Waals surface area contributed by atoms with E-state index in [0.29, 0.717) is 6.42 Å². The summed E-state index contributed by atoms with van der Waals surface area (Å²) in [5.41, 5.74) is 2.30. The van der Waals surface area contributed by atoms with Crippen molar-refractivity contribution in [3.05, 3.63) is 30.1 Å². The van der Waals surface area contributed by atoms with Crippen LogP contribution < -0.4 is 0 Å². The molecule has 0 radical (unpaired) electrons. The Morgan fingerprint density at radius 2 is 1.92 bits per heavy atom. The molecule has 2 aromatic rings. The molecule has 1 saturated heterocycles. The summed E-state index contributed by atoms with van der Waals surface area (Å²) in [7, 11) is 0. The third kappa shape index (κ3) is 3.38. The van der Waals surface area contributed by atoms with Crippen LogP contribution in [0.15, 0.2) is 24.3 Å². The molecule has 2 fully saturated rings. The van der Waals surface area contributed by atoms with Crippen molar-refractivity contribution in [3.63, 3.8) is 0 Å². The van der Waals surface area contributed by atoms with E-state index >= 15 is 0 Å². The van der Waals surface area contributed by atoms with Crippen LogP contribution in [0, 0.1) is 5.92 Å². The van der Waals surface area contributed by atoms with Gasteiger partial charge in [0.1, 0.15) is 5.82 Å². The maximum Gasteiger partial charge on any atom is 0.222 e. The molecule has 26 heavy (non-hydrogen) atoms. The van der Waals surface area contributed by atoms with Gasteiger partial charge in [-0.1, -0.05) is 51.2 Å². The second-order valence-electron chi connectivity index (χ2n) is 8.00. The number of likely N-dealkylation sites (tertiary alicyclic amines) is 1. The van der Waals surface area contributed by atoms with Crippen LogP contribution in [0.5, 0.6) is 0 Å². The second kappa shape index (κ2) is 7.81. The SMILES string of the molecule is CCC(=O)N1CCC[C@H]1c1nc2ccccc2n1CCC1CCCCC1. The van der Waals surface area contributed by atoms with Crippen LogP contribution in [0.3, 0.4) is 0 Å². The van der Waals surface area contributed by atoms with E-state index in [4.69, 9.17) is 4.98 Å². The molecular weight excluding hydrogens is 322 g/mol. The van der Waals surface area contributed by atoms with Crippen LogP contribution >= 0.6 is 0 Å². The Bertz CT molecular complexity index is 760. The Balaban J connectivity index is 1.64. The largest absolute Gasteiger partial charge is 0.333 e. The van der Waals surface area contributed by atoms with Crippen LogP contribution in [0.4, 0.5) is 0 Å². The number of carbonyl (C=O) groups excluding carboxylic acids is 1. The van der Waals surface area contributed by atoms with Crippen molar-refractivity contribution in [2.24, 2.45) is 5.92 Å². The van der Waals surface area contributed by atoms with E-state index in [-0.39, 0.29) is 11.9 Å². The van der Waals surface area contributed by atoms with E-state index in [1.165, 1.54) is 44.0 Å². The highest BCUT2D eigenvalue weighted by Gasteiger charge is 2.33. The fourth-order valence-electron chi connectivity index (χ4n) is 4.91. The number of hydrogen-bond donors (Lipinski definition) is 0. The van der Waals surface area contributed by atoms with E-state index in [1.54, 1.807) is 0 Å². The summed E-state index contributed by atoms with van der Waals surface area (Å²) in [4.78, 5) is 19.5. The van der Waals surface area contributed by atoms with E-state index in [1.807, 2.05) is 6.92 Å². The van der Waals surface area contributed by atoms with E-state index in [2.05, 4.69) is 33.7 Å². The van der Waals surface area contributed by atoms with Gasteiger partial charge in [0.15, 0.2) is 0 Å². The Kier molecular flexibility index (Phi) is 5.28. The number of amides is 1. The van der Waals surface area contributed by atoms with Gasteiger partial charge in [0.2, 0.25) is 5.91 Å². The van der Waals surface area contributed by atoms with Gasteiger partial charge < -0.3 is 9.47 Å². The Morgan fingerprint density at radius 3 is 2.73 bits per heavy atom. The predicted molar refractivity (Wildman–Crippen MR) is 105 cm³/mol. The normalized spacial score (nSPS) is 21.6. The molecule has 0 bridgehead atoms. The molecule has 140 valence electrons. The molecule has 1 saturated carbocycles. The van der Waals surface area contributed by atoms with Crippen molar-refractivity contribution < 1.29 is 4.79 Å². The van der Waals surface area contributed by atoms with Gasteiger partial charge >= 0.3 is 0 Å². The predicted octanol–water partition coefficient (Wildman–Crippen LogP) is 5.08. The van der Waals surface area contributed by atoms with Crippen molar-refractivity contribution in [2.45, 2.75) is 77.3 Å². The van der Waals surface area contributed by atoms with Crippen LogP contribution in [0.1, 0.15) is 76.6 Å². The Labute approximate surface area is 156 Å². The standard InChI is InChI=1S/C22H31N3O/c1-2-21(26)24-15-8-13-20(24)22-23-18-11-6-7-12-19(18)25(22)16-14-17-9-4-3-5-10-17/h6-7,11-12,17,20H,2-5,8-10,13-16H2,1H3/t20-/m0/s1. The van der Waals surface area contributed by atoms with Gasteiger partial charge in [-0.15, -0.1) is 0 Å². The molecule has 1 aliphatic carbocycles. The van der Waals surface area contributed by atoms with Gasteiger partial charge in [-0.2, -0.15) is 0 Å². The molecule has 1 aliphatic heterocycles. The van der Waals surface area contributed by atoms with Gasteiger partial charge in [0, 0.05) is 19.5 Å². The van der Waals surface area contributed by atoms with E-state index in [9.17, 15) is 4.79 Å². The van der Waals surface area contributed by atoms with Gasteiger partial charge in [-0.25, -0.2) is 4.98 Å². The highest BCUT2D eigenvalue weighted by atomic mass is 16.2. The average molecular weight is 354 g/mol. The first-order valence-electron chi connectivity index (χ1n) is 10.5. The summed E-state index contributed by atoms with van der Waals surface area (Å²) < 4.78 is 2.43. The molecule has 0 N–H and O–H groups in total. The zero-order chi connectivity index (χ0) is 17.9. The maximum atomic E-state index is 12.4. The minimum Gasteiger partial charge on any atom is -0.333 e. The molecule has 4 heteroatoms. The first-order valence-corrected chi connectivity index (χ1v) is 10.5. The van der Waals surface area contributed by atoms with Crippen molar-refractivity contribution in [1.29, 1.82) is 0 Å². The number of carbonyl (C=O) groups is 1. The number of aromatic nitrogens is 2. The lowest BCUT2D eigenvalue weighted by Gasteiger charge is -2.26. The van der Waals surface area contributed by atoms with Crippen LogP contribution in [0.25, 0.3) is 11.0 Å². The third-order valence-electron chi connectivity index (χ3n) is 6.34. The number of para-hydroxylation sites is 2. The maximum absolute atomic E-state index is 12.4. The molecule has 1 amide bonds. The number of hydrogen-bond acceptors (Lipinski definition) is 2. The zero-order valence-electron chi connectivity index (χ0n) is 16.0. The molecule has 4 nitrogen and oxygen atoms in total. The quantitative estimate of drug-likeness (QED) is 0.752. The second-order valence-corrected chi connectivity index (χ2v) is 8.00. The first-order chi connectivity index (χ1) is 12.8. The van der Waals surface area contributed by atoms with Crippen molar-refractivity contribution in [2.75, 3.05) is 6.54 Å². The Hall–Kier alpha value is -1.84. The van der Waals surface area contributed by atoms with Crippen LogP contribution in [-0.2, 0) is 11.3 Å². The highest BCUT2D eigenvalue weighted by Crippen LogP contribution is 2.35. The minimum atomic E-state index is 0.154. The average Bonchev–Trinajstić information content (AvgIpc) is 3.31. The molecule has 1 aromatic heterocycles. The van der Waals surface area contributed by atoms with Gasteiger partial charge in [-0.3, -0.25) is 4.79 Å². The smallest absolute Gasteiger partial charge is 0.222 e. The van der Waals surface area contributed by atoms with Crippen LogP contribution in [0.2, 0.25) is 0 Å². The molecule has 1 aromatic carbocycles. The number of nitrogens with zero attached hydrogens (tertiary/aromatic N) is 3. The summed E-state index contributed by atoms with van der Waals surface area (Å²) in [6.45, 7) is 3.87. The molecule has 2 heterocycles. The highest BCUT2D eigenvalue weighted by molar-refractivity contribution is 5.78. The van der Waals surface area contributed by atoms with E-state index < -0.39 is 0 Å². The minimum absolute atomic E-state index is 0.154. The Morgan fingerprint density at radius 1 is 1.12 bits per heavy atom. The van der Waals surface area contributed by atoms with Gasteiger partial charge in [0.05, 0.1) is 17.1 Å². The third-order valence-corrected chi connectivity index (χ3v) is 6.34. The fraction of sp³-hybridized carbons (Fsp3) is 0.636. The molecule has 0 spiro atoms. The summed E-state index contributed by atoms with van der Waals surface area (Å²) >= 11 is 0. The monoisotopic (exact) mass is 353 g/mol. The summed E-state index contributed by atoms with van der Waals surface area (Å²) in [5.74, 6) is 2.23. The molecule has 2 aliphatic rings. The zero-order valence-corrected chi connectivity index (χ0v) is 16.0. The number of fused-ring (bicyclic) bond motifs is 1. The number of imidazole rings is 1. The lowest BCUT2D eigenvalue weighted by atomic mass is 9.87. The topological polar surface area (TPSA) is 38.1 Å². The molecule has 4 rings (SSSR count). The fourth-order valence-corrected chi connectivity index (χ4v) is 4.91. The van der Waals surface area contributed by atoms with Gasteiger partial charge in [-0.05, 0) is 37.3 Å². The summed E-state index contributed by atoms with van der Waals surface area (Å²) in [5, 5.41) is 0. The van der Waals surface area contributed by atoms with E-state index in [0.717, 1.165) is 43.2 Å². The first kappa shape index (κ1) is 17.6. The lowest BCUT2D eigenvalue weighted by molar-refractivity contribution is -0.131. The molecule has 1 atom stereocenters. The van der Waals surface area contributed by atoms with Crippen molar-refractivity contribution >= 4 is 16.9 Å². The lowest BCUT2D eigenvalue weighted by Crippen LogP contribution is -2.31. The van der Waals surface area contributed by atoms with Crippen molar-refractivity contribution in [3.8, 4) is 0 Å². The molecule has 0 unspecified atom stereocenters. The van der Waals surface area contributed by atoms with Gasteiger partial charge in [0.25, 0.3) is 0 Å². The number of rotatable bonds is 5. The summed E-state index contributed by atoms with van der Waals surface area (Å²) in [6.07, 6.45) is 10.9. The number of benzene rings is 1. The number of aryl methyl sites for hydroxylation is 1. The van der Waals surface area contributed by atoms with Crippen molar-refractivity contribution in [1.82, 2.24) is 14.5 Å². The van der Waals surface area contributed by atoms with Crippen LogP contribution in [-0.4, -0.2) is 26.9 Å².